The van der Waals surface area contributed by atoms with E-state index in [1.54, 1.807) is 55.6 Å². The number of carbonyl (C=O) groups excluding carboxylic acids is 2. The number of carbonyl (C=O) groups is 2. The maximum atomic E-state index is 13.5. The lowest BCUT2D eigenvalue weighted by atomic mass is 10.1. The average molecular weight is 517 g/mol. The predicted molar refractivity (Wildman–Crippen MR) is 140 cm³/mol. The molecular weight excluding hydrogens is 488 g/mol. The van der Waals surface area contributed by atoms with Crippen molar-refractivity contribution in [3.63, 3.8) is 0 Å². The number of ether oxygens (including phenoxy) is 2. The van der Waals surface area contributed by atoms with Gasteiger partial charge in [-0.15, -0.1) is 0 Å². The highest BCUT2D eigenvalue weighted by molar-refractivity contribution is 7.80. The Kier molecular flexibility index (Phi) is 8.56. The van der Waals surface area contributed by atoms with Crippen LogP contribution >= 0.6 is 23.8 Å². The van der Waals surface area contributed by atoms with E-state index in [1.807, 2.05) is 4.90 Å². The fourth-order valence-electron chi connectivity index (χ4n) is 4.27. The highest BCUT2D eigenvalue weighted by Crippen LogP contribution is 2.29. The van der Waals surface area contributed by atoms with Gasteiger partial charge in [0.15, 0.2) is 5.11 Å². The number of nitrogens with zero attached hydrogens (tertiary/aromatic N) is 3. The maximum Gasteiger partial charge on any atom is 0.256 e. The molecule has 2 fully saturated rings. The normalized spacial score (nSPS) is 18.7. The van der Waals surface area contributed by atoms with Crippen LogP contribution in [0.1, 0.15) is 12.8 Å². The number of hydrogen-bond acceptors (Lipinski definition) is 6. The Bertz CT molecular complexity index is 1040. The van der Waals surface area contributed by atoms with Crippen LogP contribution in [0.4, 0.5) is 11.4 Å². The molecule has 0 unspecified atom stereocenters. The lowest BCUT2D eigenvalue weighted by Gasteiger charge is -2.28. The molecule has 4 rings (SSSR count). The van der Waals surface area contributed by atoms with E-state index in [0.717, 1.165) is 39.3 Å². The average Bonchev–Trinajstić information content (AvgIpc) is 3.09. The van der Waals surface area contributed by atoms with Crippen LogP contribution in [0, 0.1) is 0 Å². The number of nitrogens with one attached hydrogen (secondary N) is 1. The quantitative estimate of drug-likeness (QED) is 0.512. The Morgan fingerprint density at radius 2 is 1.80 bits per heavy atom. The third kappa shape index (κ3) is 6.29. The minimum atomic E-state index is -0.680. The molecule has 186 valence electrons. The number of thiocarbonyl (C=S) groups is 1. The highest BCUT2D eigenvalue weighted by Gasteiger charge is 2.43. The lowest BCUT2D eigenvalue weighted by Crippen LogP contribution is -2.41. The first kappa shape index (κ1) is 25.4. The maximum absolute atomic E-state index is 13.5. The summed E-state index contributed by atoms with van der Waals surface area (Å²) < 4.78 is 10.6. The molecule has 2 aromatic rings. The fourth-order valence-corrected chi connectivity index (χ4v) is 4.81. The van der Waals surface area contributed by atoms with E-state index in [2.05, 4.69) is 10.2 Å². The Morgan fingerprint density at radius 3 is 2.46 bits per heavy atom. The lowest BCUT2D eigenvalue weighted by molar-refractivity contribution is -0.124. The number of halogens is 1. The molecule has 2 saturated heterocycles. The number of morpholine rings is 1. The molecule has 0 aliphatic carbocycles. The number of anilines is 2. The molecule has 2 amide bonds. The van der Waals surface area contributed by atoms with E-state index in [1.165, 1.54) is 4.90 Å². The van der Waals surface area contributed by atoms with E-state index in [0.29, 0.717) is 33.8 Å². The van der Waals surface area contributed by atoms with Crippen LogP contribution in [0.15, 0.2) is 48.5 Å². The summed E-state index contributed by atoms with van der Waals surface area (Å²) >= 11 is 11.8. The van der Waals surface area contributed by atoms with Crippen molar-refractivity contribution < 1.29 is 19.1 Å². The summed E-state index contributed by atoms with van der Waals surface area (Å²) in [5.41, 5.74) is 1.28. The van der Waals surface area contributed by atoms with Crippen molar-refractivity contribution in [1.29, 1.82) is 0 Å². The first-order chi connectivity index (χ1) is 17.0. The molecule has 0 spiro atoms. The molecule has 2 heterocycles. The first-order valence-electron chi connectivity index (χ1n) is 11.6. The van der Waals surface area contributed by atoms with Gasteiger partial charge in [0.05, 0.1) is 32.4 Å². The van der Waals surface area contributed by atoms with E-state index in [9.17, 15) is 9.59 Å². The van der Waals surface area contributed by atoms with Crippen LogP contribution in [0.2, 0.25) is 5.02 Å². The Hall–Kier alpha value is -2.72. The molecule has 2 aromatic carbocycles. The molecule has 0 radical (unpaired) electrons. The molecule has 0 bridgehead atoms. The topological polar surface area (TPSA) is 74.4 Å². The van der Waals surface area contributed by atoms with Crippen LogP contribution in [0.5, 0.6) is 5.75 Å². The second-order valence-electron chi connectivity index (χ2n) is 8.43. The minimum absolute atomic E-state index is 0.00730. The van der Waals surface area contributed by atoms with Gasteiger partial charge in [0.25, 0.3) is 5.91 Å². The molecule has 0 saturated carbocycles. The van der Waals surface area contributed by atoms with Crippen molar-refractivity contribution in [3.05, 3.63) is 53.6 Å². The molecule has 10 heteroatoms. The van der Waals surface area contributed by atoms with Gasteiger partial charge in [-0.05, 0) is 67.2 Å². The van der Waals surface area contributed by atoms with Gasteiger partial charge in [0.2, 0.25) is 5.91 Å². The van der Waals surface area contributed by atoms with Crippen molar-refractivity contribution in [1.82, 2.24) is 9.80 Å². The van der Waals surface area contributed by atoms with Crippen molar-refractivity contribution in [2.45, 2.75) is 18.9 Å². The first-order valence-corrected chi connectivity index (χ1v) is 12.4. The van der Waals surface area contributed by atoms with Gasteiger partial charge in [-0.1, -0.05) is 11.6 Å². The summed E-state index contributed by atoms with van der Waals surface area (Å²) in [6.45, 7) is 4.72. The second-order valence-corrected chi connectivity index (χ2v) is 9.23. The SMILES string of the molecule is COc1ccc(NC(=O)C[C@H]2C(=O)N(c3ccc(Cl)cc3)C(=S)N2CCCN2CCOCC2)cc1. The van der Waals surface area contributed by atoms with Crippen molar-refractivity contribution in [2.24, 2.45) is 0 Å². The van der Waals surface area contributed by atoms with Crippen molar-refractivity contribution in [2.75, 3.05) is 56.7 Å². The summed E-state index contributed by atoms with van der Waals surface area (Å²) in [7, 11) is 1.59. The summed E-state index contributed by atoms with van der Waals surface area (Å²) in [5.74, 6) is 0.227. The van der Waals surface area contributed by atoms with E-state index in [-0.39, 0.29) is 18.2 Å². The zero-order chi connectivity index (χ0) is 24.8. The molecule has 35 heavy (non-hydrogen) atoms. The van der Waals surface area contributed by atoms with Crippen LogP contribution in [0.3, 0.4) is 0 Å². The van der Waals surface area contributed by atoms with Crippen molar-refractivity contribution in [3.8, 4) is 5.75 Å². The number of rotatable bonds is 9. The Labute approximate surface area is 215 Å². The summed E-state index contributed by atoms with van der Waals surface area (Å²) in [5, 5.41) is 3.85. The van der Waals surface area contributed by atoms with Crippen LogP contribution < -0.4 is 15.0 Å². The molecular formula is C25H29ClN4O4S. The van der Waals surface area contributed by atoms with Gasteiger partial charge in [-0.2, -0.15) is 0 Å². The zero-order valence-corrected chi connectivity index (χ0v) is 21.2. The molecule has 0 aromatic heterocycles. The molecule has 2 aliphatic heterocycles. The Morgan fingerprint density at radius 1 is 1.11 bits per heavy atom. The monoisotopic (exact) mass is 516 g/mol. The molecule has 8 nitrogen and oxygen atoms in total. The third-order valence-corrected chi connectivity index (χ3v) is 6.80. The largest absolute Gasteiger partial charge is 0.497 e. The van der Waals surface area contributed by atoms with E-state index < -0.39 is 6.04 Å². The highest BCUT2D eigenvalue weighted by atomic mass is 35.5. The van der Waals surface area contributed by atoms with Crippen LogP contribution in [-0.2, 0) is 14.3 Å². The van der Waals surface area contributed by atoms with Gasteiger partial charge in [-0.25, -0.2) is 0 Å². The smallest absolute Gasteiger partial charge is 0.256 e. The van der Waals surface area contributed by atoms with Crippen LogP contribution in [-0.4, -0.2) is 79.3 Å². The van der Waals surface area contributed by atoms with E-state index in [4.69, 9.17) is 33.3 Å². The van der Waals surface area contributed by atoms with Gasteiger partial charge in [0.1, 0.15) is 11.8 Å². The molecule has 2 aliphatic rings. The predicted octanol–water partition coefficient (Wildman–Crippen LogP) is 3.40. The summed E-state index contributed by atoms with van der Waals surface area (Å²) in [6, 6.07) is 13.4. The van der Waals surface area contributed by atoms with E-state index >= 15 is 0 Å². The van der Waals surface area contributed by atoms with Gasteiger partial charge < -0.3 is 19.7 Å². The second kappa shape index (κ2) is 11.8. The van der Waals surface area contributed by atoms with Gasteiger partial charge in [0, 0.05) is 36.9 Å². The van der Waals surface area contributed by atoms with Gasteiger partial charge >= 0.3 is 0 Å². The van der Waals surface area contributed by atoms with Crippen LogP contribution in [0.25, 0.3) is 0 Å². The Balaban J connectivity index is 1.46. The number of methoxy groups -OCH3 is 1. The van der Waals surface area contributed by atoms with Crippen molar-refractivity contribution >= 4 is 52.1 Å². The third-order valence-electron chi connectivity index (χ3n) is 6.13. The number of benzene rings is 2. The molecule has 1 atom stereocenters. The summed E-state index contributed by atoms with van der Waals surface area (Å²) in [4.78, 5) is 32.1. The number of amides is 2. The standard InChI is InChI=1S/C25H29ClN4O4S/c1-33-21-9-5-19(6-10-21)27-23(31)17-22-24(32)30(20-7-3-18(26)4-8-20)25(35)29(22)12-2-11-28-13-15-34-16-14-28/h3-10,22H,2,11-17H2,1H3,(H,27,31)/t22-/m0/s1. The zero-order valence-electron chi connectivity index (χ0n) is 19.6. The molecule has 1 N–H and O–H groups in total. The van der Waals surface area contributed by atoms with Gasteiger partial charge in [-0.3, -0.25) is 19.4 Å². The number of hydrogen-bond donors (Lipinski definition) is 1. The minimum Gasteiger partial charge on any atom is -0.497 e. The summed E-state index contributed by atoms with van der Waals surface area (Å²) in [6.07, 6.45) is 0.811. The fraction of sp³-hybridized carbons (Fsp3) is 0.400.